The summed E-state index contributed by atoms with van der Waals surface area (Å²) in [6.07, 6.45) is 0. The Morgan fingerprint density at radius 1 is 1.20 bits per heavy atom. The third kappa shape index (κ3) is 3.11. The van der Waals surface area contributed by atoms with Crippen LogP contribution < -0.4 is 15.8 Å². The van der Waals surface area contributed by atoms with Crippen molar-refractivity contribution in [2.45, 2.75) is 6.92 Å². The lowest BCUT2D eigenvalue weighted by atomic mass is 10.1. The molecule has 0 spiro atoms. The Balaban J connectivity index is 2.35. The van der Waals surface area contributed by atoms with Gasteiger partial charge in [0.15, 0.2) is 5.75 Å². The quantitative estimate of drug-likeness (QED) is 0.844. The monoisotopic (exact) mass is 334 g/mol. The number of hydrogen-bond donors (Lipinski definition) is 2. The van der Waals surface area contributed by atoms with Crippen LogP contribution in [0.15, 0.2) is 40.9 Å². The summed E-state index contributed by atoms with van der Waals surface area (Å²) in [5.74, 6) is 0.993. The Morgan fingerprint density at radius 2 is 1.95 bits per heavy atom. The molecule has 0 aliphatic heterocycles. The number of carbonyl (C=O) groups is 1. The predicted molar refractivity (Wildman–Crippen MR) is 83.2 cm³/mol. The molecule has 1 amide bonds. The minimum Gasteiger partial charge on any atom is -0.455 e. The van der Waals surface area contributed by atoms with Gasteiger partial charge in [-0.05, 0) is 48.9 Å². The fourth-order valence-electron chi connectivity index (χ4n) is 1.75. The van der Waals surface area contributed by atoms with Crippen molar-refractivity contribution in [3.63, 3.8) is 0 Å². The highest BCUT2D eigenvalue weighted by molar-refractivity contribution is 9.10. The lowest BCUT2D eigenvalue weighted by Gasteiger charge is -2.12. The summed E-state index contributed by atoms with van der Waals surface area (Å²) in [6.45, 7) is 1.94. The smallest absolute Gasteiger partial charge is 0.251 e. The van der Waals surface area contributed by atoms with Crippen LogP contribution in [0.25, 0.3) is 0 Å². The Morgan fingerprint density at radius 3 is 2.60 bits per heavy atom. The highest BCUT2D eigenvalue weighted by Crippen LogP contribution is 2.31. The van der Waals surface area contributed by atoms with Crippen molar-refractivity contribution in [3.8, 4) is 11.5 Å². The maximum absolute atomic E-state index is 11.6. The lowest BCUT2D eigenvalue weighted by molar-refractivity contribution is 0.0963. The van der Waals surface area contributed by atoms with Crippen molar-refractivity contribution in [3.05, 3.63) is 52.0 Å². The Hall–Kier alpha value is -2.01. The van der Waals surface area contributed by atoms with Crippen molar-refractivity contribution in [1.29, 1.82) is 0 Å². The molecule has 104 valence electrons. The third-order valence-electron chi connectivity index (χ3n) is 2.86. The number of anilines is 1. The van der Waals surface area contributed by atoms with Gasteiger partial charge in [-0.1, -0.05) is 15.9 Å². The maximum Gasteiger partial charge on any atom is 0.251 e. The van der Waals surface area contributed by atoms with Crippen LogP contribution in [-0.4, -0.2) is 13.0 Å². The first-order chi connectivity index (χ1) is 9.51. The molecule has 0 aliphatic carbocycles. The Bertz CT molecular complexity index is 656. The molecule has 0 bridgehead atoms. The topological polar surface area (TPSA) is 64.4 Å². The van der Waals surface area contributed by atoms with E-state index in [0.717, 1.165) is 10.0 Å². The first kappa shape index (κ1) is 14.4. The molecule has 2 aromatic carbocycles. The number of nitrogens with two attached hydrogens (primary N) is 1. The molecule has 4 nitrogen and oxygen atoms in total. The van der Waals surface area contributed by atoms with Crippen LogP contribution >= 0.6 is 15.9 Å². The molecule has 2 aromatic rings. The average molecular weight is 335 g/mol. The van der Waals surface area contributed by atoms with E-state index in [1.165, 1.54) is 0 Å². The van der Waals surface area contributed by atoms with Crippen LogP contribution in [0.1, 0.15) is 15.9 Å². The second-order valence-corrected chi connectivity index (χ2v) is 5.26. The number of amides is 1. The lowest BCUT2D eigenvalue weighted by Crippen LogP contribution is -2.17. The molecule has 0 radical (unpaired) electrons. The van der Waals surface area contributed by atoms with E-state index >= 15 is 0 Å². The van der Waals surface area contributed by atoms with Crippen LogP contribution in [0.4, 0.5) is 5.69 Å². The first-order valence-electron chi connectivity index (χ1n) is 6.07. The number of nitrogen functional groups attached to an aromatic ring is 1. The van der Waals surface area contributed by atoms with E-state index in [0.29, 0.717) is 22.7 Å². The largest absolute Gasteiger partial charge is 0.455 e. The van der Waals surface area contributed by atoms with E-state index in [1.54, 1.807) is 25.2 Å². The van der Waals surface area contributed by atoms with Gasteiger partial charge in [-0.15, -0.1) is 0 Å². The summed E-state index contributed by atoms with van der Waals surface area (Å²) < 4.78 is 6.79. The van der Waals surface area contributed by atoms with Crippen molar-refractivity contribution >= 4 is 27.5 Å². The van der Waals surface area contributed by atoms with Gasteiger partial charge in [0.25, 0.3) is 5.91 Å². The zero-order valence-corrected chi connectivity index (χ0v) is 12.8. The number of ether oxygens (including phenoxy) is 1. The molecule has 0 heterocycles. The number of nitrogens with one attached hydrogen (secondary N) is 1. The number of halogens is 1. The molecule has 0 atom stereocenters. The molecule has 2 rings (SSSR count). The molecular formula is C15H15BrN2O2. The molecule has 0 fully saturated rings. The van der Waals surface area contributed by atoms with E-state index in [2.05, 4.69) is 21.2 Å². The van der Waals surface area contributed by atoms with Gasteiger partial charge in [0.1, 0.15) is 5.75 Å². The van der Waals surface area contributed by atoms with Gasteiger partial charge in [0.2, 0.25) is 0 Å². The van der Waals surface area contributed by atoms with Crippen molar-refractivity contribution < 1.29 is 9.53 Å². The summed E-state index contributed by atoms with van der Waals surface area (Å²) in [6, 6.07) is 10.7. The zero-order chi connectivity index (χ0) is 14.7. The fraction of sp³-hybridized carbons (Fsp3) is 0.133. The summed E-state index contributed by atoms with van der Waals surface area (Å²) in [5, 5.41) is 2.57. The van der Waals surface area contributed by atoms with Crippen molar-refractivity contribution in [2.24, 2.45) is 0 Å². The van der Waals surface area contributed by atoms with E-state index in [-0.39, 0.29) is 5.91 Å². The van der Waals surface area contributed by atoms with Crippen molar-refractivity contribution in [1.82, 2.24) is 5.32 Å². The van der Waals surface area contributed by atoms with Gasteiger partial charge < -0.3 is 15.8 Å². The zero-order valence-electron chi connectivity index (χ0n) is 11.2. The van der Waals surface area contributed by atoms with Gasteiger partial charge in [0.05, 0.1) is 5.69 Å². The number of carbonyl (C=O) groups excluding carboxylic acids is 1. The molecule has 20 heavy (non-hydrogen) atoms. The summed E-state index contributed by atoms with van der Waals surface area (Å²) in [4.78, 5) is 11.6. The molecule has 5 heteroatoms. The van der Waals surface area contributed by atoms with Gasteiger partial charge in [-0.25, -0.2) is 0 Å². The summed E-state index contributed by atoms with van der Waals surface area (Å²) >= 11 is 3.40. The van der Waals surface area contributed by atoms with Crippen LogP contribution in [0.5, 0.6) is 11.5 Å². The van der Waals surface area contributed by atoms with Gasteiger partial charge in [-0.3, -0.25) is 4.79 Å². The predicted octanol–water partition coefficient (Wildman–Crippen LogP) is 3.49. The normalized spacial score (nSPS) is 10.2. The number of rotatable bonds is 3. The second-order valence-electron chi connectivity index (χ2n) is 4.34. The molecule has 0 aliphatic rings. The number of aryl methyl sites for hydroxylation is 1. The SMILES string of the molecule is CNC(=O)c1ccc(N)c(Oc2ccc(Br)cc2C)c1. The number of hydrogen-bond acceptors (Lipinski definition) is 3. The minimum atomic E-state index is -0.178. The van der Waals surface area contributed by atoms with Gasteiger partial charge in [0, 0.05) is 17.1 Å². The van der Waals surface area contributed by atoms with E-state index in [1.807, 2.05) is 25.1 Å². The van der Waals surface area contributed by atoms with E-state index in [9.17, 15) is 4.79 Å². The molecule has 3 N–H and O–H groups in total. The molecule has 0 saturated carbocycles. The van der Waals surface area contributed by atoms with Crippen molar-refractivity contribution in [2.75, 3.05) is 12.8 Å². The first-order valence-corrected chi connectivity index (χ1v) is 6.86. The molecule has 0 saturated heterocycles. The van der Waals surface area contributed by atoms with Gasteiger partial charge >= 0.3 is 0 Å². The van der Waals surface area contributed by atoms with E-state index < -0.39 is 0 Å². The highest BCUT2D eigenvalue weighted by Gasteiger charge is 2.10. The molecule has 0 aromatic heterocycles. The third-order valence-corrected chi connectivity index (χ3v) is 3.35. The van der Waals surface area contributed by atoms with Crippen LogP contribution in [0.3, 0.4) is 0 Å². The van der Waals surface area contributed by atoms with Crippen LogP contribution in [-0.2, 0) is 0 Å². The van der Waals surface area contributed by atoms with Crippen LogP contribution in [0, 0.1) is 6.92 Å². The minimum absolute atomic E-state index is 0.178. The summed E-state index contributed by atoms with van der Waals surface area (Å²) in [5.41, 5.74) is 7.86. The fourth-order valence-corrected chi connectivity index (χ4v) is 2.23. The molecule has 0 unspecified atom stereocenters. The standard InChI is InChI=1S/C15H15BrN2O2/c1-9-7-11(16)4-6-13(9)20-14-8-10(15(19)18-2)3-5-12(14)17/h3-8H,17H2,1-2H3,(H,18,19). The Kier molecular flexibility index (Phi) is 4.29. The summed E-state index contributed by atoms with van der Waals surface area (Å²) in [7, 11) is 1.58. The van der Waals surface area contributed by atoms with Crippen LogP contribution in [0.2, 0.25) is 0 Å². The maximum atomic E-state index is 11.6. The molecular weight excluding hydrogens is 320 g/mol. The second kappa shape index (κ2) is 5.96. The number of benzene rings is 2. The van der Waals surface area contributed by atoms with Gasteiger partial charge in [-0.2, -0.15) is 0 Å². The average Bonchev–Trinajstić information content (AvgIpc) is 2.43. The van der Waals surface area contributed by atoms with E-state index in [4.69, 9.17) is 10.5 Å². The Labute approximate surface area is 126 Å². The highest BCUT2D eigenvalue weighted by atomic mass is 79.9.